The number of aryl methyl sites for hydroxylation is 1. The average molecular weight is 339 g/mol. The van der Waals surface area contributed by atoms with Gasteiger partial charge in [-0.05, 0) is 19.1 Å². The van der Waals surface area contributed by atoms with E-state index >= 15 is 0 Å². The van der Waals surface area contributed by atoms with Gasteiger partial charge in [0.2, 0.25) is 5.95 Å². The SMILES string of the molecule is Cc1cc(N2CCN(c3ccccc3)CC2)nc(N2CCOCC2)n1. The highest BCUT2D eigenvalue weighted by atomic mass is 16.5. The Bertz CT molecular complexity index is 694. The molecule has 132 valence electrons. The predicted molar refractivity (Wildman–Crippen MR) is 101 cm³/mol. The van der Waals surface area contributed by atoms with Crippen molar-refractivity contribution < 1.29 is 4.74 Å². The number of rotatable bonds is 3. The predicted octanol–water partition coefficient (Wildman–Crippen LogP) is 1.95. The monoisotopic (exact) mass is 339 g/mol. The number of hydrogen-bond acceptors (Lipinski definition) is 6. The van der Waals surface area contributed by atoms with Crippen LogP contribution < -0.4 is 14.7 Å². The normalized spacial score (nSPS) is 18.5. The van der Waals surface area contributed by atoms with E-state index in [1.54, 1.807) is 0 Å². The summed E-state index contributed by atoms with van der Waals surface area (Å²) in [6.45, 7) is 9.27. The topological polar surface area (TPSA) is 44.7 Å². The minimum atomic E-state index is 0.752. The van der Waals surface area contributed by atoms with E-state index in [4.69, 9.17) is 9.72 Å². The standard InChI is InChI=1S/C19H25N5O/c1-16-15-18(21-19(20-16)24-11-13-25-14-12-24)23-9-7-22(8-10-23)17-5-3-2-4-6-17/h2-6,15H,7-14H2,1H3. The number of morpholine rings is 1. The Balaban J connectivity index is 1.46. The molecule has 2 aliphatic rings. The Morgan fingerprint density at radius 2 is 1.48 bits per heavy atom. The lowest BCUT2D eigenvalue weighted by atomic mass is 10.2. The maximum absolute atomic E-state index is 5.44. The Morgan fingerprint density at radius 1 is 0.800 bits per heavy atom. The molecule has 2 saturated heterocycles. The molecule has 0 radical (unpaired) electrons. The Hall–Kier alpha value is -2.34. The number of piperazine rings is 1. The van der Waals surface area contributed by atoms with Gasteiger partial charge in [0, 0.05) is 56.7 Å². The fraction of sp³-hybridized carbons (Fsp3) is 0.474. The van der Waals surface area contributed by atoms with Gasteiger partial charge in [-0.15, -0.1) is 0 Å². The van der Waals surface area contributed by atoms with Gasteiger partial charge in [0.15, 0.2) is 0 Å². The van der Waals surface area contributed by atoms with Crippen LogP contribution in [0, 0.1) is 6.92 Å². The summed E-state index contributed by atoms with van der Waals surface area (Å²) in [6.07, 6.45) is 0. The van der Waals surface area contributed by atoms with E-state index in [0.717, 1.165) is 69.9 Å². The van der Waals surface area contributed by atoms with Gasteiger partial charge >= 0.3 is 0 Å². The molecule has 0 aliphatic carbocycles. The molecule has 6 heteroatoms. The van der Waals surface area contributed by atoms with E-state index in [1.807, 2.05) is 0 Å². The summed E-state index contributed by atoms with van der Waals surface area (Å²) in [5.41, 5.74) is 2.33. The molecule has 2 fully saturated rings. The third-order valence-corrected chi connectivity index (χ3v) is 4.85. The highest BCUT2D eigenvalue weighted by Crippen LogP contribution is 2.22. The molecule has 0 spiro atoms. The molecule has 0 bridgehead atoms. The zero-order valence-corrected chi connectivity index (χ0v) is 14.8. The summed E-state index contributed by atoms with van der Waals surface area (Å²) in [5, 5.41) is 0. The van der Waals surface area contributed by atoms with Crippen LogP contribution in [0.5, 0.6) is 0 Å². The number of benzene rings is 1. The molecule has 0 unspecified atom stereocenters. The second-order valence-electron chi connectivity index (χ2n) is 6.58. The molecule has 1 aromatic carbocycles. The van der Waals surface area contributed by atoms with Crippen LogP contribution in [0.25, 0.3) is 0 Å². The molecule has 25 heavy (non-hydrogen) atoms. The lowest BCUT2D eigenvalue weighted by Crippen LogP contribution is -2.47. The zero-order chi connectivity index (χ0) is 17.1. The van der Waals surface area contributed by atoms with Crippen LogP contribution >= 0.6 is 0 Å². The Labute approximate surface area is 149 Å². The molecule has 0 atom stereocenters. The summed E-state index contributed by atoms with van der Waals surface area (Å²) >= 11 is 0. The van der Waals surface area contributed by atoms with Crippen LogP contribution in [0.1, 0.15) is 5.69 Å². The smallest absolute Gasteiger partial charge is 0.227 e. The van der Waals surface area contributed by atoms with Gasteiger partial charge in [0.1, 0.15) is 5.82 Å². The number of para-hydroxylation sites is 1. The van der Waals surface area contributed by atoms with Gasteiger partial charge < -0.3 is 19.4 Å². The fourth-order valence-electron chi connectivity index (χ4n) is 3.44. The van der Waals surface area contributed by atoms with E-state index in [-0.39, 0.29) is 0 Å². The van der Waals surface area contributed by atoms with Gasteiger partial charge in [-0.2, -0.15) is 4.98 Å². The summed E-state index contributed by atoms with van der Waals surface area (Å²) in [7, 11) is 0. The van der Waals surface area contributed by atoms with Crippen molar-refractivity contribution in [3.8, 4) is 0 Å². The molecule has 0 amide bonds. The van der Waals surface area contributed by atoms with Crippen molar-refractivity contribution in [3.63, 3.8) is 0 Å². The first kappa shape index (κ1) is 16.1. The maximum atomic E-state index is 5.44. The highest BCUT2D eigenvalue weighted by molar-refractivity contribution is 5.51. The highest BCUT2D eigenvalue weighted by Gasteiger charge is 2.21. The van der Waals surface area contributed by atoms with Crippen LogP contribution in [0.3, 0.4) is 0 Å². The van der Waals surface area contributed by atoms with Crippen molar-refractivity contribution in [2.45, 2.75) is 6.92 Å². The number of aromatic nitrogens is 2. The van der Waals surface area contributed by atoms with Crippen molar-refractivity contribution >= 4 is 17.5 Å². The maximum Gasteiger partial charge on any atom is 0.227 e. The van der Waals surface area contributed by atoms with Crippen molar-refractivity contribution in [2.75, 3.05) is 67.2 Å². The third kappa shape index (κ3) is 3.69. The van der Waals surface area contributed by atoms with Crippen molar-refractivity contribution in [1.82, 2.24) is 9.97 Å². The summed E-state index contributed by atoms with van der Waals surface area (Å²) in [6, 6.07) is 12.7. The first-order valence-corrected chi connectivity index (χ1v) is 9.03. The van der Waals surface area contributed by atoms with E-state index < -0.39 is 0 Å². The van der Waals surface area contributed by atoms with Crippen molar-refractivity contribution in [3.05, 3.63) is 42.1 Å². The molecular formula is C19H25N5O. The molecule has 1 aromatic heterocycles. The molecular weight excluding hydrogens is 314 g/mol. The molecule has 6 nitrogen and oxygen atoms in total. The number of hydrogen-bond donors (Lipinski definition) is 0. The largest absolute Gasteiger partial charge is 0.378 e. The minimum Gasteiger partial charge on any atom is -0.378 e. The minimum absolute atomic E-state index is 0.752. The van der Waals surface area contributed by atoms with Gasteiger partial charge in [0.25, 0.3) is 0 Å². The Kier molecular flexibility index (Phi) is 4.70. The van der Waals surface area contributed by atoms with Gasteiger partial charge in [0.05, 0.1) is 13.2 Å². The number of ether oxygens (including phenoxy) is 1. The van der Waals surface area contributed by atoms with Crippen LogP contribution in [0.4, 0.5) is 17.5 Å². The lowest BCUT2D eigenvalue weighted by molar-refractivity contribution is 0.122. The van der Waals surface area contributed by atoms with Crippen molar-refractivity contribution in [2.24, 2.45) is 0 Å². The summed E-state index contributed by atoms with van der Waals surface area (Å²) in [5.74, 6) is 1.88. The van der Waals surface area contributed by atoms with E-state index in [1.165, 1.54) is 5.69 Å². The van der Waals surface area contributed by atoms with E-state index in [0.29, 0.717) is 0 Å². The lowest BCUT2D eigenvalue weighted by Gasteiger charge is -2.37. The fourth-order valence-corrected chi connectivity index (χ4v) is 3.44. The molecule has 0 saturated carbocycles. The van der Waals surface area contributed by atoms with Crippen LogP contribution in [-0.2, 0) is 4.74 Å². The molecule has 2 aromatic rings. The second-order valence-corrected chi connectivity index (χ2v) is 6.58. The molecule has 0 N–H and O–H groups in total. The summed E-state index contributed by atoms with van der Waals surface area (Å²) in [4.78, 5) is 16.5. The summed E-state index contributed by atoms with van der Waals surface area (Å²) < 4.78 is 5.44. The Morgan fingerprint density at radius 3 is 2.20 bits per heavy atom. The van der Waals surface area contributed by atoms with E-state index in [2.05, 4.69) is 63.0 Å². The first-order valence-electron chi connectivity index (χ1n) is 9.03. The van der Waals surface area contributed by atoms with Crippen LogP contribution in [0.15, 0.2) is 36.4 Å². The van der Waals surface area contributed by atoms with Gasteiger partial charge in [-0.1, -0.05) is 18.2 Å². The third-order valence-electron chi connectivity index (χ3n) is 4.85. The molecule has 4 rings (SSSR count). The quantitative estimate of drug-likeness (QED) is 0.852. The van der Waals surface area contributed by atoms with Gasteiger partial charge in [-0.3, -0.25) is 0 Å². The zero-order valence-electron chi connectivity index (χ0n) is 14.8. The number of anilines is 3. The molecule has 3 heterocycles. The molecule has 2 aliphatic heterocycles. The van der Waals surface area contributed by atoms with E-state index in [9.17, 15) is 0 Å². The second kappa shape index (κ2) is 7.27. The van der Waals surface area contributed by atoms with Crippen LogP contribution in [-0.4, -0.2) is 62.5 Å². The van der Waals surface area contributed by atoms with Crippen LogP contribution in [0.2, 0.25) is 0 Å². The van der Waals surface area contributed by atoms with Crippen molar-refractivity contribution in [1.29, 1.82) is 0 Å². The average Bonchev–Trinajstić information content (AvgIpc) is 2.69. The van der Waals surface area contributed by atoms with Gasteiger partial charge in [-0.25, -0.2) is 4.98 Å². The number of nitrogens with zero attached hydrogens (tertiary/aromatic N) is 5. The first-order chi connectivity index (χ1) is 12.3.